The molecule has 1 aromatic heterocycles. The molecule has 0 saturated carbocycles. The minimum atomic E-state index is 0.296. The van der Waals surface area contributed by atoms with E-state index in [1.165, 1.54) is 44.2 Å². The zero-order chi connectivity index (χ0) is 11.1. The van der Waals surface area contributed by atoms with Gasteiger partial charge >= 0.3 is 0 Å². The van der Waals surface area contributed by atoms with Crippen LogP contribution in [0.1, 0.15) is 65.0 Å². The maximum Gasteiger partial charge on any atom is 0.0921 e. The maximum atomic E-state index is 4.13. The van der Waals surface area contributed by atoms with E-state index in [1.807, 2.05) is 6.20 Å². The first-order chi connectivity index (χ1) is 7.23. The zero-order valence-corrected chi connectivity index (χ0v) is 10.3. The highest BCUT2D eigenvalue weighted by Gasteiger charge is 2.25. The van der Waals surface area contributed by atoms with Crippen molar-refractivity contribution in [2.24, 2.45) is 0 Å². The summed E-state index contributed by atoms with van der Waals surface area (Å²) in [6.07, 6.45) is 11.6. The lowest BCUT2D eigenvalue weighted by Crippen LogP contribution is -2.21. The third kappa shape index (κ3) is 3.37. The smallest absolute Gasteiger partial charge is 0.0921 e. The van der Waals surface area contributed by atoms with Crippen LogP contribution < -0.4 is 0 Å². The summed E-state index contributed by atoms with van der Waals surface area (Å²) in [6, 6.07) is 0. The fraction of sp³-hybridized carbons (Fsp3) is 0.769. The predicted molar refractivity (Wildman–Crippen MR) is 65.0 cm³/mol. The van der Waals surface area contributed by atoms with Crippen LogP contribution in [0.3, 0.4) is 0 Å². The molecule has 2 nitrogen and oxygen atoms in total. The summed E-state index contributed by atoms with van der Waals surface area (Å²) >= 11 is 0. The summed E-state index contributed by atoms with van der Waals surface area (Å²) < 4.78 is 0. The molecule has 1 N–H and O–H groups in total. The molecular formula is C13H24N2. The fourth-order valence-electron chi connectivity index (χ4n) is 2.03. The molecule has 1 aromatic rings. The van der Waals surface area contributed by atoms with Crippen LogP contribution in [0, 0.1) is 0 Å². The molecule has 0 aromatic carbocycles. The number of unbranched alkanes of at least 4 members (excludes halogenated alkanes) is 3. The summed E-state index contributed by atoms with van der Waals surface area (Å²) in [5.41, 5.74) is 1.59. The molecule has 0 radical (unpaired) electrons. The zero-order valence-electron chi connectivity index (χ0n) is 10.3. The molecule has 0 aliphatic rings. The van der Waals surface area contributed by atoms with Crippen LogP contribution >= 0.6 is 0 Å². The van der Waals surface area contributed by atoms with Crippen LogP contribution in [0.4, 0.5) is 0 Å². The summed E-state index contributed by atoms with van der Waals surface area (Å²) in [5.74, 6) is 0. The van der Waals surface area contributed by atoms with Crippen molar-refractivity contribution in [3.8, 4) is 0 Å². The van der Waals surface area contributed by atoms with E-state index in [9.17, 15) is 0 Å². The lowest BCUT2D eigenvalue weighted by atomic mass is 9.79. The first-order valence-electron chi connectivity index (χ1n) is 6.22. The first-order valence-corrected chi connectivity index (χ1v) is 6.22. The Bertz CT molecular complexity index is 254. The van der Waals surface area contributed by atoms with Crippen molar-refractivity contribution in [3.05, 3.63) is 18.2 Å². The van der Waals surface area contributed by atoms with Gasteiger partial charge in [-0.1, -0.05) is 46.5 Å². The molecule has 1 atom stereocenters. The van der Waals surface area contributed by atoms with Gasteiger partial charge in [-0.05, 0) is 12.8 Å². The molecule has 2 heteroatoms. The highest BCUT2D eigenvalue weighted by Crippen LogP contribution is 2.31. The molecule has 0 saturated heterocycles. The van der Waals surface area contributed by atoms with Gasteiger partial charge in [0.05, 0.1) is 6.33 Å². The number of aromatic amines is 1. The van der Waals surface area contributed by atoms with Gasteiger partial charge in [0.25, 0.3) is 0 Å². The maximum absolute atomic E-state index is 4.13. The van der Waals surface area contributed by atoms with E-state index in [2.05, 4.69) is 30.7 Å². The SMILES string of the molecule is CCCCCCC(C)(CC)c1cnc[nH]1. The molecule has 0 aliphatic heterocycles. The van der Waals surface area contributed by atoms with Crippen molar-refractivity contribution in [3.63, 3.8) is 0 Å². The third-order valence-corrected chi connectivity index (χ3v) is 3.51. The van der Waals surface area contributed by atoms with E-state index in [0.29, 0.717) is 5.41 Å². The standard InChI is InChI=1S/C13H24N2/c1-4-6-7-8-9-13(3,5-2)12-10-14-11-15-12/h10-11H,4-9H2,1-3H3,(H,14,15). The van der Waals surface area contributed by atoms with Crippen molar-refractivity contribution < 1.29 is 0 Å². The second kappa shape index (κ2) is 5.94. The van der Waals surface area contributed by atoms with Gasteiger partial charge in [0, 0.05) is 17.3 Å². The minimum Gasteiger partial charge on any atom is -0.348 e. The van der Waals surface area contributed by atoms with Crippen LogP contribution in [0.5, 0.6) is 0 Å². The van der Waals surface area contributed by atoms with Gasteiger partial charge in [0.15, 0.2) is 0 Å². The molecule has 15 heavy (non-hydrogen) atoms. The summed E-state index contributed by atoms with van der Waals surface area (Å²) in [6.45, 7) is 6.86. The van der Waals surface area contributed by atoms with Crippen molar-refractivity contribution >= 4 is 0 Å². The van der Waals surface area contributed by atoms with Crippen LogP contribution in [0.15, 0.2) is 12.5 Å². The molecule has 0 bridgehead atoms. The lowest BCUT2D eigenvalue weighted by molar-refractivity contribution is 0.387. The number of H-pyrrole nitrogens is 1. The van der Waals surface area contributed by atoms with E-state index in [1.54, 1.807) is 6.33 Å². The Balaban J connectivity index is 2.46. The number of aromatic nitrogens is 2. The summed E-state index contributed by atoms with van der Waals surface area (Å²) in [4.78, 5) is 7.38. The molecule has 1 rings (SSSR count). The first kappa shape index (κ1) is 12.3. The largest absolute Gasteiger partial charge is 0.348 e. The van der Waals surface area contributed by atoms with E-state index in [-0.39, 0.29) is 0 Å². The Morgan fingerprint density at radius 2 is 2.07 bits per heavy atom. The van der Waals surface area contributed by atoms with Crippen LogP contribution in [-0.2, 0) is 5.41 Å². The Morgan fingerprint density at radius 3 is 2.60 bits per heavy atom. The third-order valence-electron chi connectivity index (χ3n) is 3.51. The second-order valence-electron chi connectivity index (χ2n) is 4.69. The average Bonchev–Trinajstić information content (AvgIpc) is 2.78. The molecule has 1 heterocycles. The van der Waals surface area contributed by atoms with Crippen molar-refractivity contribution in [1.29, 1.82) is 0 Å². The number of nitrogens with zero attached hydrogens (tertiary/aromatic N) is 1. The van der Waals surface area contributed by atoms with Crippen molar-refractivity contribution in [2.75, 3.05) is 0 Å². The molecular weight excluding hydrogens is 184 g/mol. The molecule has 0 fully saturated rings. The number of rotatable bonds is 7. The Hall–Kier alpha value is -0.790. The second-order valence-corrected chi connectivity index (χ2v) is 4.69. The monoisotopic (exact) mass is 208 g/mol. The number of hydrogen-bond acceptors (Lipinski definition) is 1. The Labute approximate surface area is 93.5 Å². The molecule has 0 spiro atoms. The van der Waals surface area contributed by atoms with Gasteiger partial charge in [-0.2, -0.15) is 0 Å². The van der Waals surface area contributed by atoms with Gasteiger partial charge < -0.3 is 4.98 Å². The van der Waals surface area contributed by atoms with E-state index < -0.39 is 0 Å². The molecule has 0 amide bonds. The number of nitrogens with one attached hydrogen (secondary N) is 1. The fourth-order valence-corrected chi connectivity index (χ4v) is 2.03. The topological polar surface area (TPSA) is 28.7 Å². The van der Waals surface area contributed by atoms with Crippen LogP contribution in [0.2, 0.25) is 0 Å². The average molecular weight is 208 g/mol. The quantitative estimate of drug-likeness (QED) is 0.673. The van der Waals surface area contributed by atoms with Gasteiger partial charge in [-0.15, -0.1) is 0 Å². The van der Waals surface area contributed by atoms with Crippen molar-refractivity contribution in [2.45, 2.75) is 64.7 Å². The summed E-state index contributed by atoms with van der Waals surface area (Å²) in [5, 5.41) is 0. The van der Waals surface area contributed by atoms with Crippen LogP contribution in [-0.4, -0.2) is 9.97 Å². The lowest BCUT2D eigenvalue weighted by Gasteiger charge is -2.26. The molecule has 86 valence electrons. The number of hydrogen-bond donors (Lipinski definition) is 1. The van der Waals surface area contributed by atoms with E-state index >= 15 is 0 Å². The van der Waals surface area contributed by atoms with Crippen molar-refractivity contribution in [1.82, 2.24) is 9.97 Å². The highest BCUT2D eigenvalue weighted by atomic mass is 14.9. The summed E-state index contributed by atoms with van der Waals surface area (Å²) in [7, 11) is 0. The van der Waals surface area contributed by atoms with Gasteiger partial charge in [-0.25, -0.2) is 4.98 Å². The van der Waals surface area contributed by atoms with E-state index in [0.717, 1.165) is 0 Å². The highest BCUT2D eigenvalue weighted by molar-refractivity contribution is 5.11. The Kier molecular flexibility index (Phi) is 4.86. The molecule has 0 aliphatic carbocycles. The number of imidazole rings is 1. The Morgan fingerprint density at radius 1 is 1.27 bits per heavy atom. The minimum absolute atomic E-state index is 0.296. The van der Waals surface area contributed by atoms with Gasteiger partial charge in [0.2, 0.25) is 0 Å². The van der Waals surface area contributed by atoms with Gasteiger partial charge in [-0.3, -0.25) is 0 Å². The van der Waals surface area contributed by atoms with Crippen LogP contribution in [0.25, 0.3) is 0 Å². The normalized spacial score (nSPS) is 15.1. The molecule has 1 unspecified atom stereocenters. The van der Waals surface area contributed by atoms with E-state index in [4.69, 9.17) is 0 Å². The van der Waals surface area contributed by atoms with Gasteiger partial charge in [0.1, 0.15) is 0 Å². The predicted octanol–water partition coefficient (Wildman–Crippen LogP) is 4.05.